The van der Waals surface area contributed by atoms with Crippen molar-refractivity contribution in [1.82, 2.24) is 9.55 Å². The van der Waals surface area contributed by atoms with Crippen molar-refractivity contribution in [2.75, 3.05) is 7.11 Å². The third-order valence-electron chi connectivity index (χ3n) is 4.15. The Morgan fingerprint density at radius 2 is 2.00 bits per heavy atom. The van der Waals surface area contributed by atoms with Crippen molar-refractivity contribution >= 4 is 21.8 Å². The number of benzene rings is 1. The third kappa shape index (κ3) is 2.37. The van der Waals surface area contributed by atoms with Crippen LogP contribution < -0.4 is 4.74 Å². The highest BCUT2D eigenvalue weighted by molar-refractivity contribution is 6.09. The van der Waals surface area contributed by atoms with Crippen LogP contribution in [0.25, 0.3) is 21.8 Å². The van der Waals surface area contributed by atoms with E-state index in [1.54, 1.807) is 7.11 Å². The lowest BCUT2D eigenvalue weighted by atomic mass is 10.1. The summed E-state index contributed by atoms with van der Waals surface area (Å²) in [5.74, 6) is 0.910. The number of ether oxygens (including phenoxy) is 1. The molecule has 0 saturated carbocycles. The van der Waals surface area contributed by atoms with Crippen LogP contribution in [-0.4, -0.2) is 16.7 Å². The van der Waals surface area contributed by atoms with Gasteiger partial charge in [0, 0.05) is 29.6 Å². The van der Waals surface area contributed by atoms with Gasteiger partial charge >= 0.3 is 0 Å². The molecular formula is C18H22N2O. The number of unbranched alkanes of at least 4 members (excludes halogenated alkanes) is 2. The van der Waals surface area contributed by atoms with Gasteiger partial charge in [-0.15, -0.1) is 0 Å². The van der Waals surface area contributed by atoms with Crippen LogP contribution in [0.3, 0.4) is 0 Å². The van der Waals surface area contributed by atoms with E-state index in [0.717, 1.165) is 18.0 Å². The molecule has 1 aromatic carbocycles. The minimum atomic E-state index is 0.910. The second-order valence-corrected chi connectivity index (χ2v) is 5.53. The number of methoxy groups -OCH3 is 1. The third-order valence-corrected chi connectivity index (χ3v) is 4.15. The Morgan fingerprint density at radius 1 is 1.14 bits per heavy atom. The molecule has 0 bridgehead atoms. The largest absolute Gasteiger partial charge is 0.497 e. The maximum absolute atomic E-state index is 5.40. The van der Waals surface area contributed by atoms with E-state index in [-0.39, 0.29) is 0 Å². The fraction of sp³-hybridized carbons (Fsp3) is 0.389. The van der Waals surface area contributed by atoms with Crippen LogP contribution in [0.4, 0.5) is 0 Å². The first kappa shape index (κ1) is 13.9. The fourth-order valence-electron chi connectivity index (χ4n) is 3.08. The zero-order valence-electron chi connectivity index (χ0n) is 13.0. The summed E-state index contributed by atoms with van der Waals surface area (Å²) in [5, 5.41) is 2.57. The molecule has 0 N–H and O–H groups in total. The number of aromatic nitrogens is 2. The van der Waals surface area contributed by atoms with E-state index in [4.69, 9.17) is 4.74 Å². The highest BCUT2D eigenvalue weighted by Crippen LogP contribution is 2.32. The molecule has 21 heavy (non-hydrogen) atoms. The molecule has 3 aromatic rings. The van der Waals surface area contributed by atoms with Crippen LogP contribution in [0.1, 0.15) is 31.9 Å². The zero-order chi connectivity index (χ0) is 14.8. The van der Waals surface area contributed by atoms with E-state index in [2.05, 4.69) is 41.6 Å². The van der Waals surface area contributed by atoms with Crippen molar-refractivity contribution in [2.24, 2.45) is 0 Å². The predicted molar refractivity (Wildman–Crippen MR) is 88.1 cm³/mol. The summed E-state index contributed by atoms with van der Waals surface area (Å²) in [6, 6.07) is 8.45. The van der Waals surface area contributed by atoms with Crippen molar-refractivity contribution in [2.45, 2.75) is 39.7 Å². The van der Waals surface area contributed by atoms with E-state index >= 15 is 0 Å². The van der Waals surface area contributed by atoms with Crippen molar-refractivity contribution in [3.05, 3.63) is 36.2 Å². The van der Waals surface area contributed by atoms with Crippen LogP contribution in [0, 0.1) is 6.92 Å². The quantitative estimate of drug-likeness (QED) is 0.634. The second-order valence-electron chi connectivity index (χ2n) is 5.53. The molecule has 3 rings (SSSR count). The number of nitrogens with zero attached hydrogens (tertiary/aromatic N) is 2. The molecule has 0 saturated heterocycles. The predicted octanol–water partition coefficient (Wildman–Crippen LogP) is 4.70. The SMILES string of the molecule is CCCCCn1c2cc(OC)ccc2c2ccnc(C)c21. The normalized spacial score (nSPS) is 11.4. The zero-order valence-corrected chi connectivity index (χ0v) is 13.0. The first-order valence-electron chi connectivity index (χ1n) is 7.67. The van der Waals surface area contributed by atoms with Crippen LogP contribution >= 0.6 is 0 Å². The molecule has 0 amide bonds. The Kier molecular flexibility index (Phi) is 3.82. The van der Waals surface area contributed by atoms with Crippen LogP contribution in [0.15, 0.2) is 30.5 Å². The van der Waals surface area contributed by atoms with Gasteiger partial charge in [0.1, 0.15) is 5.75 Å². The average Bonchev–Trinajstić information content (AvgIpc) is 2.82. The van der Waals surface area contributed by atoms with E-state index in [1.807, 2.05) is 12.3 Å². The van der Waals surface area contributed by atoms with E-state index < -0.39 is 0 Å². The smallest absolute Gasteiger partial charge is 0.120 e. The minimum absolute atomic E-state index is 0.910. The van der Waals surface area contributed by atoms with Crippen LogP contribution in [0.2, 0.25) is 0 Å². The number of hydrogen-bond acceptors (Lipinski definition) is 2. The Hall–Kier alpha value is -2.03. The first-order chi connectivity index (χ1) is 10.3. The molecule has 0 aliphatic carbocycles. The summed E-state index contributed by atoms with van der Waals surface area (Å²) >= 11 is 0. The lowest BCUT2D eigenvalue weighted by molar-refractivity contribution is 0.415. The van der Waals surface area contributed by atoms with Crippen LogP contribution in [0.5, 0.6) is 5.75 Å². The summed E-state index contributed by atoms with van der Waals surface area (Å²) in [6.07, 6.45) is 5.58. The number of aryl methyl sites for hydroxylation is 2. The molecule has 0 aliphatic rings. The Morgan fingerprint density at radius 3 is 2.76 bits per heavy atom. The Bertz CT molecular complexity index is 774. The van der Waals surface area contributed by atoms with Gasteiger partial charge in [-0.25, -0.2) is 0 Å². The molecule has 110 valence electrons. The number of hydrogen-bond donors (Lipinski definition) is 0. The summed E-state index contributed by atoms with van der Waals surface area (Å²) in [4.78, 5) is 4.48. The molecule has 0 atom stereocenters. The molecule has 2 aromatic heterocycles. The monoisotopic (exact) mass is 282 g/mol. The Balaban J connectivity index is 2.26. The van der Waals surface area contributed by atoms with Gasteiger partial charge in [0.05, 0.1) is 23.8 Å². The Labute approximate surface area is 125 Å². The molecule has 0 unspecified atom stereocenters. The highest BCUT2D eigenvalue weighted by atomic mass is 16.5. The van der Waals surface area contributed by atoms with Gasteiger partial charge in [0.25, 0.3) is 0 Å². The molecule has 0 aliphatic heterocycles. The van der Waals surface area contributed by atoms with E-state index in [0.29, 0.717) is 0 Å². The van der Waals surface area contributed by atoms with Gasteiger partial charge < -0.3 is 9.30 Å². The van der Waals surface area contributed by atoms with Gasteiger partial charge in [0.15, 0.2) is 0 Å². The number of rotatable bonds is 5. The number of fused-ring (bicyclic) bond motifs is 3. The average molecular weight is 282 g/mol. The molecule has 3 nitrogen and oxygen atoms in total. The maximum atomic E-state index is 5.40. The highest BCUT2D eigenvalue weighted by Gasteiger charge is 2.13. The van der Waals surface area contributed by atoms with Crippen molar-refractivity contribution in [3.63, 3.8) is 0 Å². The van der Waals surface area contributed by atoms with Gasteiger partial charge in [-0.05, 0) is 31.5 Å². The lowest BCUT2D eigenvalue weighted by Gasteiger charge is -2.09. The van der Waals surface area contributed by atoms with Gasteiger partial charge in [-0.2, -0.15) is 0 Å². The topological polar surface area (TPSA) is 27.1 Å². The summed E-state index contributed by atoms with van der Waals surface area (Å²) < 4.78 is 7.81. The summed E-state index contributed by atoms with van der Waals surface area (Å²) in [5.41, 5.74) is 3.60. The maximum Gasteiger partial charge on any atom is 0.120 e. The summed E-state index contributed by atoms with van der Waals surface area (Å²) in [6.45, 7) is 5.37. The standard InChI is InChI=1S/C18H22N2O/c1-4-5-6-11-20-17-12-14(21-3)7-8-15(17)16-9-10-19-13(2)18(16)20/h7-10,12H,4-6,11H2,1-3H3. The van der Waals surface area contributed by atoms with E-state index in [9.17, 15) is 0 Å². The molecule has 2 heterocycles. The van der Waals surface area contributed by atoms with Gasteiger partial charge in [-0.3, -0.25) is 4.98 Å². The molecule has 0 spiro atoms. The lowest BCUT2D eigenvalue weighted by Crippen LogP contribution is -1.99. The first-order valence-corrected chi connectivity index (χ1v) is 7.67. The molecule has 0 fully saturated rings. The molecular weight excluding hydrogens is 260 g/mol. The molecule has 0 radical (unpaired) electrons. The minimum Gasteiger partial charge on any atom is -0.497 e. The van der Waals surface area contributed by atoms with Crippen molar-refractivity contribution in [1.29, 1.82) is 0 Å². The van der Waals surface area contributed by atoms with Crippen LogP contribution in [-0.2, 0) is 6.54 Å². The van der Waals surface area contributed by atoms with Crippen molar-refractivity contribution < 1.29 is 4.74 Å². The van der Waals surface area contributed by atoms with Crippen molar-refractivity contribution in [3.8, 4) is 5.75 Å². The van der Waals surface area contributed by atoms with Gasteiger partial charge in [0.2, 0.25) is 0 Å². The summed E-state index contributed by atoms with van der Waals surface area (Å²) in [7, 11) is 1.72. The fourth-order valence-corrected chi connectivity index (χ4v) is 3.08. The van der Waals surface area contributed by atoms with E-state index in [1.165, 1.54) is 41.1 Å². The second kappa shape index (κ2) is 5.76. The molecule has 3 heteroatoms. The van der Waals surface area contributed by atoms with Gasteiger partial charge in [-0.1, -0.05) is 19.8 Å². The number of pyridine rings is 1.